The SMILES string of the molecule is CCCNCc1coc(N(C)Cc2cccc(C)c2)n1. The molecule has 0 saturated heterocycles. The second-order valence-electron chi connectivity index (χ2n) is 5.14. The number of nitrogens with zero attached hydrogens (tertiary/aromatic N) is 2. The Kier molecular flexibility index (Phi) is 5.18. The molecule has 0 atom stereocenters. The molecular weight excluding hydrogens is 250 g/mol. The van der Waals surface area contributed by atoms with Gasteiger partial charge in [-0.2, -0.15) is 4.98 Å². The van der Waals surface area contributed by atoms with Gasteiger partial charge in [0.15, 0.2) is 0 Å². The van der Waals surface area contributed by atoms with Gasteiger partial charge in [-0.1, -0.05) is 36.8 Å². The maximum atomic E-state index is 5.53. The van der Waals surface area contributed by atoms with Gasteiger partial charge in [0.2, 0.25) is 0 Å². The summed E-state index contributed by atoms with van der Waals surface area (Å²) in [6, 6.07) is 9.15. The van der Waals surface area contributed by atoms with Crippen molar-refractivity contribution in [2.45, 2.75) is 33.4 Å². The molecule has 0 bridgehead atoms. The highest BCUT2D eigenvalue weighted by Crippen LogP contribution is 2.15. The van der Waals surface area contributed by atoms with Crippen LogP contribution >= 0.6 is 0 Å². The van der Waals surface area contributed by atoms with Gasteiger partial charge in [-0.3, -0.25) is 0 Å². The third-order valence-electron chi connectivity index (χ3n) is 3.10. The second-order valence-corrected chi connectivity index (χ2v) is 5.14. The third kappa shape index (κ3) is 4.10. The zero-order valence-corrected chi connectivity index (χ0v) is 12.5. The molecule has 0 unspecified atom stereocenters. The quantitative estimate of drug-likeness (QED) is 0.787. The lowest BCUT2D eigenvalue weighted by Gasteiger charge is -2.14. The largest absolute Gasteiger partial charge is 0.432 e. The van der Waals surface area contributed by atoms with Crippen molar-refractivity contribution in [1.29, 1.82) is 0 Å². The van der Waals surface area contributed by atoms with Crippen LogP contribution in [0.2, 0.25) is 0 Å². The van der Waals surface area contributed by atoms with Crippen molar-refractivity contribution >= 4 is 6.01 Å². The summed E-state index contributed by atoms with van der Waals surface area (Å²) in [6.45, 7) is 6.81. The average Bonchev–Trinajstić information content (AvgIpc) is 2.88. The van der Waals surface area contributed by atoms with E-state index in [4.69, 9.17) is 4.42 Å². The number of hydrogen-bond donors (Lipinski definition) is 1. The van der Waals surface area contributed by atoms with Crippen LogP contribution in [0.1, 0.15) is 30.2 Å². The van der Waals surface area contributed by atoms with Crippen molar-refractivity contribution in [3.63, 3.8) is 0 Å². The molecule has 4 heteroatoms. The maximum Gasteiger partial charge on any atom is 0.297 e. The van der Waals surface area contributed by atoms with Crippen molar-refractivity contribution in [3.05, 3.63) is 47.3 Å². The van der Waals surface area contributed by atoms with Crippen LogP contribution in [0.15, 0.2) is 34.9 Å². The topological polar surface area (TPSA) is 41.3 Å². The molecule has 1 aromatic carbocycles. The Morgan fingerprint density at radius 2 is 2.20 bits per heavy atom. The first-order chi connectivity index (χ1) is 9.69. The standard InChI is InChI=1S/C16H23N3O/c1-4-8-17-10-15-12-20-16(18-15)19(3)11-14-7-5-6-13(2)9-14/h5-7,9,12,17H,4,8,10-11H2,1-3H3. The predicted octanol–water partition coefficient (Wildman–Crippen LogP) is 3.12. The predicted molar refractivity (Wildman–Crippen MR) is 81.8 cm³/mol. The fourth-order valence-electron chi connectivity index (χ4n) is 2.10. The number of aryl methyl sites for hydroxylation is 1. The monoisotopic (exact) mass is 273 g/mol. The summed E-state index contributed by atoms with van der Waals surface area (Å²) >= 11 is 0. The average molecular weight is 273 g/mol. The lowest BCUT2D eigenvalue weighted by molar-refractivity contribution is 0.542. The zero-order valence-electron chi connectivity index (χ0n) is 12.5. The molecule has 0 amide bonds. The number of benzene rings is 1. The highest BCUT2D eigenvalue weighted by Gasteiger charge is 2.09. The molecule has 0 aliphatic heterocycles. The van der Waals surface area contributed by atoms with Crippen LogP contribution in [0.4, 0.5) is 6.01 Å². The van der Waals surface area contributed by atoms with Crippen molar-refractivity contribution in [2.75, 3.05) is 18.5 Å². The maximum absolute atomic E-state index is 5.53. The van der Waals surface area contributed by atoms with E-state index in [1.807, 2.05) is 11.9 Å². The lowest BCUT2D eigenvalue weighted by Crippen LogP contribution is -2.17. The van der Waals surface area contributed by atoms with E-state index in [0.29, 0.717) is 6.01 Å². The Morgan fingerprint density at radius 3 is 2.95 bits per heavy atom. The van der Waals surface area contributed by atoms with Gasteiger partial charge in [0, 0.05) is 20.1 Å². The molecule has 0 aliphatic rings. The van der Waals surface area contributed by atoms with Crippen molar-refractivity contribution in [1.82, 2.24) is 10.3 Å². The number of hydrogen-bond acceptors (Lipinski definition) is 4. The molecule has 2 aromatic rings. The van der Waals surface area contributed by atoms with Crippen LogP contribution in [0.5, 0.6) is 0 Å². The smallest absolute Gasteiger partial charge is 0.297 e. The summed E-state index contributed by atoms with van der Waals surface area (Å²) < 4.78 is 5.53. The summed E-state index contributed by atoms with van der Waals surface area (Å²) in [5.41, 5.74) is 3.48. The van der Waals surface area contributed by atoms with E-state index in [1.54, 1.807) is 6.26 Å². The number of anilines is 1. The van der Waals surface area contributed by atoms with Crippen LogP contribution in [0.3, 0.4) is 0 Å². The van der Waals surface area contributed by atoms with Crippen LogP contribution in [0.25, 0.3) is 0 Å². The number of rotatable bonds is 7. The van der Waals surface area contributed by atoms with Gasteiger partial charge in [0.1, 0.15) is 6.26 Å². The molecule has 0 spiro atoms. The van der Waals surface area contributed by atoms with E-state index >= 15 is 0 Å². The molecule has 4 nitrogen and oxygen atoms in total. The van der Waals surface area contributed by atoms with Gasteiger partial charge in [0.25, 0.3) is 6.01 Å². The van der Waals surface area contributed by atoms with Crippen LogP contribution in [0, 0.1) is 6.92 Å². The lowest BCUT2D eigenvalue weighted by atomic mass is 10.1. The molecule has 1 heterocycles. The van der Waals surface area contributed by atoms with Gasteiger partial charge in [-0.15, -0.1) is 0 Å². The summed E-state index contributed by atoms with van der Waals surface area (Å²) in [7, 11) is 2.00. The minimum atomic E-state index is 0.666. The van der Waals surface area contributed by atoms with Gasteiger partial charge in [-0.05, 0) is 25.5 Å². The molecule has 0 fully saturated rings. The summed E-state index contributed by atoms with van der Waals surface area (Å²) in [5.74, 6) is 0. The van der Waals surface area contributed by atoms with Crippen LogP contribution in [-0.4, -0.2) is 18.6 Å². The van der Waals surface area contributed by atoms with Gasteiger partial charge < -0.3 is 14.6 Å². The van der Waals surface area contributed by atoms with E-state index in [9.17, 15) is 0 Å². The summed E-state index contributed by atoms with van der Waals surface area (Å²) in [6.07, 6.45) is 2.85. The first kappa shape index (κ1) is 14.6. The highest BCUT2D eigenvalue weighted by molar-refractivity contribution is 5.30. The molecule has 0 saturated carbocycles. The molecule has 0 aliphatic carbocycles. The van der Waals surface area contributed by atoms with Crippen molar-refractivity contribution < 1.29 is 4.42 Å². The zero-order chi connectivity index (χ0) is 14.4. The minimum Gasteiger partial charge on any atom is -0.432 e. The first-order valence-corrected chi connectivity index (χ1v) is 7.11. The fraction of sp³-hybridized carbons (Fsp3) is 0.438. The molecule has 20 heavy (non-hydrogen) atoms. The molecule has 0 radical (unpaired) electrons. The molecule has 2 rings (SSSR count). The van der Waals surface area contributed by atoms with Gasteiger partial charge >= 0.3 is 0 Å². The fourth-order valence-corrected chi connectivity index (χ4v) is 2.10. The van der Waals surface area contributed by atoms with E-state index < -0.39 is 0 Å². The highest BCUT2D eigenvalue weighted by atomic mass is 16.4. The second kappa shape index (κ2) is 7.10. The van der Waals surface area contributed by atoms with Crippen molar-refractivity contribution in [2.24, 2.45) is 0 Å². The van der Waals surface area contributed by atoms with Gasteiger partial charge in [-0.25, -0.2) is 0 Å². The van der Waals surface area contributed by atoms with Crippen molar-refractivity contribution in [3.8, 4) is 0 Å². The minimum absolute atomic E-state index is 0.666. The number of aromatic nitrogens is 1. The number of oxazole rings is 1. The Balaban J connectivity index is 1.93. The van der Waals surface area contributed by atoms with E-state index in [0.717, 1.165) is 31.7 Å². The first-order valence-electron chi connectivity index (χ1n) is 7.11. The Morgan fingerprint density at radius 1 is 1.35 bits per heavy atom. The van der Waals surface area contributed by atoms with E-state index in [2.05, 4.69) is 48.4 Å². The normalized spacial score (nSPS) is 10.8. The molecule has 1 N–H and O–H groups in total. The Hall–Kier alpha value is -1.81. The van der Waals surface area contributed by atoms with Gasteiger partial charge in [0.05, 0.1) is 5.69 Å². The van der Waals surface area contributed by atoms with E-state index in [1.165, 1.54) is 11.1 Å². The Labute approximate surface area is 120 Å². The molecular formula is C16H23N3O. The van der Waals surface area contributed by atoms with Crippen LogP contribution < -0.4 is 10.2 Å². The number of nitrogens with one attached hydrogen (secondary N) is 1. The van der Waals surface area contributed by atoms with E-state index in [-0.39, 0.29) is 0 Å². The third-order valence-corrected chi connectivity index (χ3v) is 3.10. The molecule has 108 valence electrons. The summed E-state index contributed by atoms with van der Waals surface area (Å²) in [5, 5.41) is 3.32. The summed E-state index contributed by atoms with van der Waals surface area (Å²) in [4.78, 5) is 6.52. The Bertz CT molecular complexity index is 536. The molecule has 1 aromatic heterocycles. The van der Waals surface area contributed by atoms with Crippen LogP contribution in [-0.2, 0) is 13.1 Å².